The molecule has 0 unspecified atom stereocenters. The van der Waals surface area contributed by atoms with Crippen LogP contribution in [0.4, 0.5) is 5.69 Å². The Morgan fingerprint density at radius 3 is 2.25 bits per heavy atom. The Bertz CT molecular complexity index is 1020. The highest BCUT2D eigenvalue weighted by atomic mass is 32.2. The molecule has 2 rings (SSSR count). The van der Waals surface area contributed by atoms with Crippen LogP contribution in [0.1, 0.15) is 38.1 Å². The summed E-state index contributed by atoms with van der Waals surface area (Å²) in [5, 5.41) is 3.33. The molecule has 0 atom stereocenters. The van der Waals surface area contributed by atoms with Crippen molar-refractivity contribution in [1.29, 1.82) is 0 Å². The Labute approximate surface area is 194 Å². The minimum absolute atomic E-state index is 0.0792. The molecule has 0 saturated heterocycles. The van der Waals surface area contributed by atoms with Crippen molar-refractivity contribution in [2.75, 3.05) is 37.2 Å². The third-order valence-corrected chi connectivity index (χ3v) is 7.82. The van der Waals surface area contributed by atoms with Gasteiger partial charge in [0, 0.05) is 43.6 Å². The number of rotatable bonds is 11. The minimum atomic E-state index is -3.56. The van der Waals surface area contributed by atoms with Crippen molar-refractivity contribution >= 4 is 39.3 Å². The van der Waals surface area contributed by atoms with E-state index in [0.29, 0.717) is 42.5 Å². The number of thioether (sulfide) groups is 1. The van der Waals surface area contributed by atoms with Crippen molar-refractivity contribution in [1.82, 2.24) is 14.2 Å². The van der Waals surface area contributed by atoms with Gasteiger partial charge in [0.05, 0.1) is 10.8 Å². The molecule has 0 bridgehead atoms. The molecule has 10 heteroatoms. The standard InChI is InChI=1S/C22H30N4O4S2/c1-5-25(6-2)22(28)17-10-9-11-18(14-17)24-20(27)16-31-21-13-12-19(15-23-21)32(29,30)26(7-3)8-4/h9-15H,5-8,16H2,1-4H3,(H,24,27). The molecule has 32 heavy (non-hydrogen) atoms. The number of amides is 2. The van der Waals surface area contributed by atoms with Crippen LogP contribution < -0.4 is 5.32 Å². The summed E-state index contributed by atoms with van der Waals surface area (Å²) in [6.07, 6.45) is 1.32. The topological polar surface area (TPSA) is 99.7 Å². The van der Waals surface area contributed by atoms with Crippen LogP contribution in [0.2, 0.25) is 0 Å². The number of carbonyl (C=O) groups is 2. The SMILES string of the molecule is CCN(CC)C(=O)c1cccc(NC(=O)CSc2ccc(S(=O)(=O)N(CC)CC)cn2)c1. The number of nitrogens with zero attached hydrogens (tertiary/aromatic N) is 3. The summed E-state index contributed by atoms with van der Waals surface area (Å²) in [7, 11) is -3.56. The van der Waals surface area contributed by atoms with Crippen LogP contribution in [0.5, 0.6) is 0 Å². The highest BCUT2D eigenvalue weighted by Crippen LogP contribution is 2.20. The second-order valence-corrected chi connectivity index (χ2v) is 9.75. The first-order valence-electron chi connectivity index (χ1n) is 10.5. The largest absolute Gasteiger partial charge is 0.339 e. The van der Waals surface area contributed by atoms with Gasteiger partial charge in [-0.1, -0.05) is 31.7 Å². The minimum Gasteiger partial charge on any atom is -0.339 e. The van der Waals surface area contributed by atoms with Gasteiger partial charge in [-0.25, -0.2) is 13.4 Å². The summed E-state index contributed by atoms with van der Waals surface area (Å²) in [5.74, 6) is -0.225. The monoisotopic (exact) mass is 478 g/mol. The second-order valence-electron chi connectivity index (χ2n) is 6.82. The number of nitrogens with one attached hydrogen (secondary N) is 1. The first kappa shape index (κ1) is 25.8. The Morgan fingerprint density at radius 1 is 1.00 bits per heavy atom. The average molecular weight is 479 g/mol. The van der Waals surface area contributed by atoms with Crippen molar-refractivity contribution < 1.29 is 18.0 Å². The van der Waals surface area contributed by atoms with E-state index < -0.39 is 10.0 Å². The van der Waals surface area contributed by atoms with Gasteiger partial charge in [0.2, 0.25) is 15.9 Å². The molecule has 174 valence electrons. The number of hydrogen-bond acceptors (Lipinski definition) is 6. The first-order valence-corrected chi connectivity index (χ1v) is 13.0. The fourth-order valence-corrected chi connectivity index (χ4v) is 5.12. The Hall–Kier alpha value is -2.43. The maximum Gasteiger partial charge on any atom is 0.253 e. The van der Waals surface area contributed by atoms with Crippen LogP contribution in [0.3, 0.4) is 0 Å². The van der Waals surface area contributed by atoms with Crippen LogP contribution in [0.15, 0.2) is 52.5 Å². The molecule has 0 fully saturated rings. The maximum absolute atomic E-state index is 12.5. The molecular formula is C22H30N4O4S2. The van der Waals surface area contributed by atoms with Crippen LogP contribution in [-0.2, 0) is 14.8 Å². The first-order chi connectivity index (χ1) is 15.3. The van der Waals surface area contributed by atoms with Gasteiger partial charge in [0.1, 0.15) is 4.90 Å². The van der Waals surface area contributed by atoms with Crippen molar-refractivity contribution in [3.63, 3.8) is 0 Å². The highest BCUT2D eigenvalue weighted by molar-refractivity contribution is 7.99. The molecule has 1 heterocycles. The predicted molar refractivity (Wildman–Crippen MR) is 127 cm³/mol. The lowest BCUT2D eigenvalue weighted by atomic mass is 10.1. The van der Waals surface area contributed by atoms with Crippen LogP contribution in [-0.4, -0.2) is 66.4 Å². The number of anilines is 1. The lowest BCUT2D eigenvalue weighted by Gasteiger charge is -2.19. The van der Waals surface area contributed by atoms with Gasteiger partial charge in [-0.3, -0.25) is 9.59 Å². The molecule has 2 amide bonds. The summed E-state index contributed by atoms with van der Waals surface area (Å²) >= 11 is 1.20. The fourth-order valence-electron chi connectivity index (χ4n) is 3.08. The molecule has 1 N–H and O–H groups in total. The maximum atomic E-state index is 12.5. The number of carbonyl (C=O) groups excluding carboxylic acids is 2. The number of benzene rings is 1. The normalized spacial score (nSPS) is 11.4. The summed E-state index contributed by atoms with van der Waals surface area (Å²) in [5.41, 5.74) is 1.06. The van der Waals surface area contributed by atoms with Gasteiger partial charge in [-0.2, -0.15) is 4.31 Å². The third-order valence-electron chi connectivity index (χ3n) is 4.85. The van der Waals surface area contributed by atoms with Gasteiger partial charge < -0.3 is 10.2 Å². The third kappa shape index (κ3) is 6.54. The molecular weight excluding hydrogens is 448 g/mol. The molecule has 8 nitrogen and oxygen atoms in total. The summed E-state index contributed by atoms with van der Waals surface area (Å²) in [6, 6.07) is 9.95. The smallest absolute Gasteiger partial charge is 0.253 e. The van der Waals surface area contributed by atoms with Crippen LogP contribution in [0, 0.1) is 0 Å². The average Bonchev–Trinajstić information content (AvgIpc) is 2.79. The summed E-state index contributed by atoms with van der Waals surface area (Å²) in [4.78, 5) is 30.9. The molecule has 0 aliphatic rings. The zero-order chi connectivity index (χ0) is 23.7. The van der Waals surface area contributed by atoms with Gasteiger partial charge >= 0.3 is 0 Å². The van der Waals surface area contributed by atoms with E-state index in [0.717, 1.165) is 0 Å². The summed E-state index contributed by atoms with van der Waals surface area (Å²) < 4.78 is 26.4. The fraction of sp³-hybridized carbons (Fsp3) is 0.409. The quantitative estimate of drug-likeness (QED) is 0.498. The second kappa shape index (κ2) is 12.0. The van der Waals surface area contributed by atoms with Crippen molar-refractivity contribution in [3.8, 4) is 0 Å². The van der Waals surface area contributed by atoms with Crippen molar-refractivity contribution in [2.24, 2.45) is 0 Å². The molecule has 0 saturated carbocycles. The highest BCUT2D eigenvalue weighted by Gasteiger charge is 2.22. The number of hydrogen-bond donors (Lipinski definition) is 1. The van der Waals surface area contributed by atoms with Crippen LogP contribution in [0.25, 0.3) is 0 Å². The van der Waals surface area contributed by atoms with E-state index in [-0.39, 0.29) is 22.5 Å². The molecule has 2 aromatic rings. The van der Waals surface area contributed by atoms with Gasteiger partial charge in [0.15, 0.2) is 0 Å². The molecule has 0 aliphatic heterocycles. The van der Waals surface area contributed by atoms with E-state index in [4.69, 9.17) is 0 Å². The Balaban J connectivity index is 1.98. The van der Waals surface area contributed by atoms with Crippen molar-refractivity contribution in [3.05, 3.63) is 48.2 Å². The lowest BCUT2D eigenvalue weighted by molar-refractivity contribution is -0.113. The molecule has 1 aromatic carbocycles. The predicted octanol–water partition coefficient (Wildman–Crippen LogP) is 3.32. The Kier molecular flexibility index (Phi) is 9.67. The molecule has 0 spiro atoms. The number of pyridine rings is 1. The Morgan fingerprint density at radius 2 is 1.69 bits per heavy atom. The molecule has 1 aromatic heterocycles. The van der Waals surface area contributed by atoms with Crippen LogP contribution >= 0.6 is 11.8 Å². The van der Waals surface area contributed by atoms with E-state index in [9.17, 15) is 18.0 Å². The van der Waals surface area contributed by atoms with Gasteiger partial charge in [0.25, 0.3) is 5.91 Å². The number of aromatic nitrogens is 1. The zero-order valence-corrected chi connectivity index (χ0v) is 20.5. The van der Waals surface area contributed by atoms with E-state index in [1.54, 1.807) is 49.1 Å². The van der Waals surface area contributed by atoms with E-state index >= 15 is 0 Å². The number of sulfonamides is 1. The lowest BCUT2D eigenvalue weighted by Crippen LogP contribution is -2.30. The van der Waals surface area contributed by atoms with Gasteiger partial charge in [-0.05, 0) is 44.2 Å². The van der Waals surface area contributed by atoms with Crippen molar-refractivity contribution in [2.45, 2.75) is 37.6 Å². The van der Waals surface area contributed by atoms with E-state index in [1.165, 1.54) is 28.3 Å². The van der Waals surface area contributed by atoms with E-state index in [2.05, 4.69) is 10.3 Å². The molecule has 0 radical (unpaired) electrons. The van der Waals surface area contributed by atoms with Gasteiger partial charge in [-0.15, -0.1) is 0 Å². The van der Waals surface area contributed by atoms with E-state index in [1.807, 2.05) is 13.8 Å². The zero-order valence-electron chi connectivity index (χ0n) is 18.9. The summed E-state index contributed by atoms with van der Waals surface area (Å²) in [6.45, 7) is 9.41. The molecule has 0 aliphatic carbocycles.